The largest absolute Gasteiger partial charge is 0.457 e. The van der Waals surface area contributed by atoms with Gasteiger partial charge in [0, 0.05) is 17.0 Å². The van der Waals surface area contributed by atoms with Crippen molar-refractivity contribution in [2.24, 2.45) is 0 Å². The number of benzene rings is 7. The molecule has 1 aliphatic heterocycles. The number of rotatable bonds is 1. The zero-order valence-corrected chi connectivity index (χ0v) is 19.6. The normalized spacial score (nSPS) is 13.1. The van der Waals surface area contributed by atoms with Crippen LogP contribution in [0, 0.1) is 0 Å². The third-order valence-corrected chi connectivity index (χ3v) is 7.76. The van der Waals surface area contributed by atoms with Crippen LogP contribution in [0.3, 0.4) is 0 Å². The van der Waals surface area contributed by atoms with Crippen LogP contribution in [0.25, 0.3) is 43.1 Å². The summed E-state index contributed by atoms with van der Waals surface area (Å²) in [7, 11) is 0. The van der Waals surface area contributed by atoms with E-state index in [1.165, 1.54) is 59.8 Å². The first-order valence-electron chi connectivity index (χ1n) is 12.5. The first-order valence-corrected chi connectivity index (χ1v) is 12.5. The van der Waals surface area contributed by atoms with Crippen molar-refractivity contribution in [3.05, 3.63) is 144 Å². The number of hydrogen-bond acceptors (Lipinski definition) is 1. The van der Waals surface area contributed by atoms with E-state index in [0.717, 1.165) is 11.5 Å². The van der Waals surface area contributed by atoms with Gasteiger partial charge in [0.15, 0.2) is 0 Å². The van der Waals surface area contributed by atoms with Crippen LogP contribution < -0.4 is 4.74 Å². The fourth-order valence-corrected chi connectivity index (χ4v) is 6.13. The van der Waals surface area contributed by atoms with Gasteiger partial charge in [0.05, 0.1) is 0 Å². The van der Waals surface area contributed by atoms with Crippen LogP contribution in [0.5, 0.6) is 11.5 Å². The van der Waals surface area contributed by atoms with Crippen LogP contribution in [0.4, 0.5) is 0 Å². The first kappa shape index (κ1) is 19.7. The predicted octanol–water partition coefficient (Wildman–Crippen LogP) is 9.59. The van der Waals surface area contributed by atoms with Crippen molar-refractivity contribution in [1.82, 2.24) is 0 Å². The zero-order valence-electron chi connectivity index (χ0n) is 19.6. The number of hydrogen-bond donors (Lipinski definition) is 0. The molecule has 0 saturated carbocycles. The molecule has 0 aliphatic carbocycles. The minimum Gasteiger partial charge on any atom is -0.457 e. The van der Waals surface area contributed by atoms with E-state index in [9.17, 15) is 0 Å². The summed E-state index contributed by atoms with van der Waals surface area (Å²) in [6, 6.07) is 46.1. The van der Waals surface area contributed by atoms with Crippen molar-refractivity contribution < 1.29 is 4.74 Å². The maximum absolute atomic E-state index is 6.59. The van der Waals surface area contributed by atoms with Gasteiger partial charge in [0.2, 0.25) is 0 Å². The highest BCUT2D eigenvalue weighted by Crippen LogP contribution is 2.52. The van der Waals surface area contributed by atoms with Gasteiger partial charge in [-0.05, 0) is 60.8 Å². The van der Waals surface area contributed by atoms with Gasteiger partial charge in [-0.25, -0.2) is 0 Å². The van der Waals surface area contributed by atoms with Gasteiger partial charge in [-0.1, -0.05) is 115 Å². The highest BCUT2D eigenvalue weighted by molar-refractivity contribution is 6.07. The highest BCUT2D eigenvalue weighted by Gasteiger charge is 2.32. The Labute approximate surface area is 209 Å². The molecule has 168 valence electrons. The monoisotopic (exact) mass is 458 g/mol. The Balaban J connectivity index is 1.48. The summed E-state index contributed by atoms with van der Waals surface area (Å²) in [5.74, 6) is 1.96. The second-order valence-electron chi connectivity index (χ2n) is 9.70. The maximum Gasteiger partial charge on any atom is 0.132 e. The summed E-state index contributed by atoms with van der Waals surface area (Å²) in [5.41, 5.74) is 3.78. The smallest absolute Gasteiger partial charge is 0.132 e. The molecule has 0 amide bonds. The summed E-state index contributed by atoms with van der Waals surface area (Å²) in [4.78, 5) is 0. The topological polar surface area (TPSA) is 9.23 Å². The Hall–Kier alpha value is -4.62. The predicted molar refractivity (Wildman–Crippen MR) is 150 cm³/mol. The Bertz CT molecular complexity index is 1900. The Kier molecular flexibility index (Phi) is 4.06. The molecule has 1 aliphatic rings. The summed E-state index contributed by atoms with van der Waals surface area (Å²) in [6.45, 7) is 0. The van der Waals surface area contributed by atoms with E-state index in [-0.39, 0.29) is 5.92 Å². The van der Waals surface area contributed by atoms with Crippen molar-refractivity contribution >= 4 is 43.1 Å². The Morgan fingerprint density at radius 1 is 0.389 bits per heavy atom. The van der Waals surface area contributed by atoms with Crippen molar-refractivity contribution in [3.8, 4) is 11.5 Å². The summed E-state index contributed by atoms with van der Waals surface area (Å²) in [5, 5.41) is 10.1. The lowest BCUT2D eigenvalue weighted by Gasteiger charge is -2.31. The quantitative estimate of drug-likeness (QED) is 0.223. The third kappa shape index (κ3) is 2.77. The lowest BCUT2D eigenvalue weighted by atomic mass is 9.78. The standard InChI is InChI=1S/C35H22O/c1-4-10-27-22(7-1)13-14-25-21-26(15-18-28(25)27)33-34-29-11-5-2-8-23(29)16-19-31(34)36-32-20-17-24-9-3-6-12-30(24)35(32)33/h1-21,33H. The van der Waals surface area contributed by atoms with Gasteiger partial charge in [0.25, 0.3) is 0 Å². The van der Waals surface area contributed by atoms with E-state index in [1.807, 2.05) is 0 Å². The molecule has 0 saturated heterocycles. The highest BCUT2D eigenvalue weighted by atomic mass is 16.5. The molecule has 1 heterocycles. The molecule has 0 radical (unpaired) electrons. The molecule has 0 bridgehead atoms. The summed E-state index contributed by atoms with van der Waals surface area (Å²) < 4.78 is 6.59. The zero-order chi connectivity index (χ0) is 23.6. The van der Waals surface area contributed by atoms with Crippen molar-refractivity contribution in [2.75, 3.05) is 0 Å². The van der Waals surface area contributed by atoms with Crippen LogP contribution in [-0.2, 0) is 0 Å². The molecule has 7 aromatic carbocycles. The minimum atomic E-state index is 0.0665. The van der Waals surface area contributed by atoms with Crippen LogP contribution in [0.2, 0.25) is 0 Å². The molecule has 0 fully saturated rings. The van der Waals surface area contributed by atoms with Gasteiger partial charge < -0.3 is 4.74 Å². The second-order valence-corrected chi connectivity index (χ2v) is 9.70. The molecule has 0 spiro atoms. The van der Waals surface area contributed by atoms with Crippen LogP contribution in [-0.4, -0.2) is 0 Å². The molecule has 36 heavy (non-hydrogen) atoms. The average Bonchev–Trinajstić information content (AvgIpc) is 2.95. The van der Waals surface area contributed by atoms with E-state index in [0.29, 0.717) is 0 Å². The molecule has 0 unspecified atom stereocenters. The van der Waals surface area contributed by atoms with E-state index < -0.39 is 0 Å². The van der Waals surface area contributed by atoms with Crippen molar-refractivity contribution in [2.45, 2.75) is 5.92 Å². The SMILES string of the molecule is c1ccc2c3c(ccc2c1)Oc1ccc2ccccc2c1C3c1ccc2c(ccc3ccccc32)c1. The Morgan fingerprint density at radius 2 is 0.861 bits per heavy atom. The first-order chi connectivity index (χ1) is 17.8. The van der Waals surface area contributed by atoms with Crippen LogP contribution >= 0.6 is 0 Å². The second kappa shape index (κ2) is 7.44. The summed E-state index contributed by atoms with van der Waals surface area (Å²) in [6.07, 6.45) is 0. The van der Waals surface area contributed by atoms with Crippen LogP contribution in [0.15, 0.2) is 127 Å². The number of ether oxygens (including phenoxy) is 1. The summed E-state index contributed by atoms with van der Waals surface area (Å²) >= 11 is 0. The molecular weight excluding hydrogens is 436 g/mol. The molecule has 0 aromatic heterocycles. The van der Waals surface area contributed by atoms with Gasteiger partial charge in [-0.15, -0.1) is 0 Å². The van der Waals surface area contributed by atoms with Gasteiger partial charge >= 0.3 is 0 Å². The van der Waals surface area contributed by atoms with Gasteiger partial charge in [0.1, 0.15) is 11.5 Å². The van der Waals surface area contributed by atoms with Crippen LogP contribution in [0.1, 0.15) is 22.6 Å². The van der Waals surface area contributed by atoms with Gasteiger partial charge in [-0.3, -0.25) is 0 Å². The van der Waals surface area contributed by atoms with Crippen molar-refractivity contribution in [3.63, 3.8) is 0 Å². The lowest BCUT2D eigenvalue weighted by Crippen LogP contribution is -2.13. The van der Waals surface area contributed by atoms with E-state index in [2.05, 4.69) is 127 Å². The van der Waals surface area contributed by atoms with E-state index in [4.69, 9.17) is 4.74 Å². The maximum atomic E-state index is 6.59. The average molecular weight is 459 g/mol. The minimum absolute atomic E-state index is 0.0665. The van der Waals surface area contributed by atoms with E-state index in [1.54, 1.807) is 0 Å². The van der Waals surface area contributed by atoms with E-state index >= 15 is 0 Å². The molecule has 8 rings (SSSR count). The molecular formula is C35H22O. The molecule has 0 atom stereocenters. The molecule has 7 aromatic rings. The third-order valence-electron chi connectivity index (χ3n) is 7.76. The fourth-order valence-electron chi connectivity index (χ4n) is 6.13. The van der Waals surface area contributed by atoms with Gasteiger partial charge in [-0.2, -0.15) is 0 Å². The Morgan fingerprint density at radius 3 is 1.50 bits per heavy atom. The lowest BCUT2D eigenvalue weighted by molar-refractivity contribution is 0.456. The molecule has 1 heteroatoms. The molecule has 0 N–H and O–H groups in total. The number of fused-ring (bicyclic) bond motifs is 9. The fraction of sp³-hybridized carbons (Fsp3) is 0.0286. The molecule has 1 nitrogen and oxygen atoms in total. The van der Waals surface area contributed by atoms with Crippen molar-refractivity contribution in [1.29, 1.82) is 0 Å².